The Bertz CT molecular complexity index is 642. The van der Waals surface area contributed by atoms with Gasteiger partial charge in [-0.1, -0.05) is 0 Å². The molecule has 0 aliphatic rings. The molecule has 0 amide bonds. The number of allylic oxidation sites excluding steroid dienone is 1. The summed E-state index contributed by atoms with van der Waals surface area (Å²) in [5, 5.41) is 10.4. The van der Waals surface area contributed by atoms with Crippen LogP contribution in [0.1, 0.15) is 17.5 Å². The van der Waals surface area contributed by atoms with E-state index in [1.807, 2.05) is 18.2 Å². The van der Waals surface area contributed by atoms with E-state index in [9.17, 15) is 5.11 Å². The van der Waals surface area contributed by atoms with Gasteiger partial charge in [0.05, 0.1) is 0 Å². The molecule has 0 radical (unpaired) electrons. The number of nitrogens with zero attached hydrogens (tertiary/aromatic N) is 1. The molecule has 0 aromatic heterocycles. The minimum atomic E-state index is -0.608. The summed E-state index contributed by atoms with van der Waals surface area (Å²) >= 11 is 3.20. The van der Waals surface area contributed by atoms with Gasteiger partial charge in [0.1, 0.15) is 0 Å². The average Bonchev–Trinajstić information content (AvgIpc) is 2.66. The summed E-state index contributed by atoms with van der Waals surface area (Å²) in [6.07, 6.45) is 3.52. The molecule has 0 aliphatic heterocycles. The Hall–Kier alpha value is -1.93. The standard InChI is InChI=1S/C22H25NOSe/c1-3-11-20(21(24)4-2)22(25)23(16-18-12-7-5-8-13-18)17-19-14-9-6-10-15-19/h3-10,12-15,20-21,24H,1-2,11,16-17H2/t20-,21+/m0/s1. The van der Waals surface area contributed by atoms with Crippen molar-refractivity contribution in [3.63, 3.8) is 0 Å². The third kappa shape index (κ3) is 5.82. The number of benzene rings is 2. The van der Waals surface area contributed by atoms with Gasteiger partial charge in [0.25, 0.3) is 0 Å². The van der Waals surface area contributed by atoms with Gasteiger partial charge in [-0.3, -0.25) is 0 Å². The number of rotatable bonds is 10. The normalized spacial score (nSPS) is 12.8. The minimum absolute atomic E-state index is 0.0672. The fourth-order valence-electron chi connectivity index (χ4n) is 2.78. The molecule has 0 spiro atoms. The van der Waals surface area contributed by atoms with E-state index in [0.717, 1.165) is 17.6 Å². The zero-order chi connectivity index (χ0) is 18.1. The molecule has 2 aromatic carbocycles. The Balaban J connectivity index is 2.26. The fourth-order valence-corrected chi connectivity index (χ4v) is 3.55. The summed E-state index contributed by atoms with van der Waals surface area (Å²) in [4.78, 5) is 2.28. The number of hydrogen-bond donors (Lipinski definition) is 1. The van der Waals surface area contributed by atoms with Crippen LogP contribution >= 0.6 is 0 Å². The van der Waals surface area contributed by atoms with Crippen molar-refractivity contribution in [2.24, 2.45) is 5.92 Å². The van der Waals surface area contributed by atoms with Crippen LogP contribution in [0.2, 0.25) is 0 Å². The average molecular weight is 398 g/mol. The van der Waals surface area contributed by atoms with Crippen molar-refractivity contribution in [2.75, 3.05) is 0 Å². The molecule has 0 saturated heterocycles. The van der Waals surface area contributed by atoms with E-state index in [1.54, 1.807) is 6.08 Å². The van der Waals surface area contributed by atoms with E-state index in [2.05, 4.69) is 82.2 Å². The Morgan fingerprint density at radius 2 is 1.44 bits per heavy atom. The van der Waals surface area contributed by atoms with Crippen molar-refractivity contribution in [2.45, 2.75) is 25.6 Å². The van der Waals surface area contributed by atoms with Crippen molar-refractivity contribution < 1.29 is 5.11 Å². The predicted molar refractivity (Wildman–Crippen MR) is 107 cm³/mol. The molecular weight excluding hydrogens is 373 g/mol. The first-order chi connectivity index (χ1) is 12.2. The SMILES string of the molecule is C=CC[C@H](C(=[Se])N(Cc1ccccc1)Cc1ccccc1)[C@H](O)C=C. The van der Waals surface area contributed by atoms with E-state index in [0.29, 0.717) is 6.42 Å². The van der Waals surface area contributed by atoms with Gasteiger partial charge in [0, 0.05) is 0 Å². The van der Waals surface area contributed by atoms with Crippen LogP contribution in [0.4, 0.5) is 0 Å². The van der Waals surface area contributed by atoms with Gasteiger partial charge in [-0.2, -0.15) is 0 Å². The number of aliphatic hydroxyl groups is 1. The molecule has 0 unspecified atom stereocenters. The van der Waals surface area contributed by atoms with Gasteiger partial charge in [0.2, 0.25) is 0 Å². The van der Waals surface area contributed by atoms with E-state index in [4.69, 9.17) is 0 Å². The summed E-state index contributed by atoms with van der Waals surface area (Å²) in [5.74, 6) is -0.0672. The second kappa shape index (κ2) is 10.1. The first-order valence-corrected chi connectivity index (χ1v) is 9.29. The van der Waals surface area contributed by atoms with Crippen LogP contribution in [0.25, 0.3) is 0 Å². The van der Waals surface area contributed by atoms with Gasteiger partial charge in [-0.05, 0) is 0 Å². The second-order valence-electron chi connectivity index (χ2n) is 6.02. The van der Waals surface area contributed by atoms with Crippen molar-refractivity contribution >= 4 is 20.1 Å². The Labute approximate surface area is 158 Å². The zero-order valence-electron chi connectivity index (χ0n) is 14.4. The van der Waals surface area contributed by atoms with Crippen molar-refractivity contribution in [3.05, 3.63) is 97.1 Å². The zero-order valence-corrected chi connectivity index (χ0v) is 16.1. The molecule has 2 nitrogen and oxygen atoms in total. The third-order valence-corrected chi connectivity index (χ3v) is 5.31. The van der Waals surface area contributed by atoms with Gasteiger partial charge >= 0.3 is 159 Å². The third-order valence-electron chi connectivity index (χ3n) is 4.14. The molecular formula is C22H25NOSe. The molecule has 3 heteroatoms. The second-order valence-corrected chi connectivity index (χ2v) is 6.90. The van der Waals surface area contributed by atoms with Gasteiger partial charge in [0.15, 0.2) is 0 Å². The number of hydrogen-bond acceptors (Lipinski definition) is 2. The molecule has 2 aromatic rings. The molecule has 0 fully saturated rings. The molecule has 2 rings (SSSR count). The molecule has 1 N–H and O–H groups in total. The van der Waals surface area contributed by atoms with Crippen LogP contribution in [0.15, 0.2) is 86.0 Å². The Morgan fingerprint density at radius 1 is 0.960 bits per heavy atom. The summed E-state index contributed by atoms with van der Waals surface area (Å²) < 4.78 is 1.03. The molecule has 0 heterocycles. The van der Waals surface area contributed by atoms with Crippen LogP contribution < -0.4 is 0 Å². The summed E-state index contributed by atoms with van der Waals surface area (Å²) in [6, 6.07) is 20.7. The molecule has 2 atom stereocenters. The summed E-state index contributed by atoms with van der Waals surface area (Å²) in [6.45, 7) is 9.13. The van der Waals surface area contributed by atoms with Crippen molar-refractivity contribution in [3.8, 4) is 0 Å². The van der Waals surface area contributed by atoms with Crippen LogP contribution in [-0.2, 0) is 13.1 Å². The van der Waals surface area contributed by atoms with Crippen LogP contribution in [0.3, 0.4) is 0 Å². The summed E-state index contributed by atoms with van der Waals surface area (Å²) in [5.41, 5.74) is 2.47. The van der Waals surface area contributed by atoms with Gasteiger partial charge in [-0.25, -0.2) is 0 Å². The van der Waals surface area contributed by atoms with Crippen molar-refractivity contribution in [1.29, 1.82) is 0 Å². The molecule has 130 valence electrons. The van der Waals surface area contributed by atoms with Gasteiger partial charge < -0.3 is 0 Å². The van der Waals surface area contributed by atoms with E-state index in [-0.39, 0.29) is 5.92 Å². The van der Waals surface area contributed by atoms with Crippen LogP contribution in [-0.4, -0.2) is 36.2 Å². The van der Waals surface area contributed by atoms with Crippen molar-refractivity contribution in [1.82, 2.24) is 4.90 Å². The maximum atomic E-state index is 10.4. The van der Waals surface area contributed by atoms with Crippen LogP contribution in [0.5, 0.6) is 0 Å². The first kappa shape index (κ1) is 19.4. The predicted octanol–water partition coefficient (Wildman–Crippen LogP) is 3.73. The van der Waals surface area contributed by atoms with E-state index < -0.39 is 6.10 Å². The van der Waals surface area contributed by atoms with E-state index >= 15 is 0 Å². The monoisotopic (exact) mass is 399 g/mol. The Kier molecular flexibility index (Phi) is 7.87. The Morgan fingerprint density at radius 3 is 1.84 bits per heavy atom. The topological polar surface area (TPSA) is 23.5 Å². The molecule has 0 bridgehead atoms. The van der Waals surface area contributed by atoms with E-state index in [1.165, 1.54) is 11.1 Å². The van der Waals surface area contributed by atoms with Crippen LogP contribution in [0, 0.1) is 5.92 Å². The fraction of sp³-hybridized carbons (Fsp3) is 0.227. The molecule has 25 heavy (non-hydrogen) atoms. The number of aliphatic hydroxyl groups excluding tert-OH is 1. The summed E-state index contributed by atoms with van der Waals surface area (Å²) in [7, 11) is 0. The molecule has 0 saturated carbocycles. The van der Waals surface area contributed by atoms with Gasteiger partial charge in [-0.15, -0.1) is 0 Å². The maximum absolute atomic E-state index is 10.4. The first-order valence-electron chi connectivity index (χ1n) is 8.44. The quantitative estimate of drug-likeness (QED) is 0.487. The molecule has 0 aliphatic carbocycles.